The van der Waals surface area contributed by atoms with Crippen LogP contribution in [0.15, 0.2) is 30.4 Å². The van der Waals surface area contributed by atoms with Crippen LogP contribution in [-0.4, -0.2) is 17.7 Å². The summed E-state index contributed by atoms with van der Waals surface area (Å²) in [4.78, 5) is 10.3. The third-order valence-corrected chi connectivity index (χ3v) is 2.93. The molecule has 1 aliphatic carbocycles. The maximum absolute atomic E-state index is 10.3. The highest BCUT2D eigenvalue weighted by molar-refractivity contribution is 5.79. The number of aryl methyl sites for hydroxylation is 2. The lowest BCUT2D eigenvalue weighted by Crippen LogP contribution is -2.03. The molecule has 0 fully saturated rings. The molecule has 0 saturated carbocycles. The third-order valence-electron chi connectivity index (χ3n) is 2.93. The van der Waals surface area contributed by atoms with Gasteiger partial charge in [0.05, 0.1) is 0 Å². The van der Waals surface area contributed by atoms with Crippen molar-refractivity contribution < 1.29 is 14.6 Å². The van der Waals surface area contributed by atoms with Crippen LogP contribution >= 0.6 is 0 Å². The van der Waals surface area contributed by atoms with Gasteiger partial charge < -0.3 is 9.84 Å². The minimum atomic E-state index is -0.945. The number of carbonyl (C=O) groups is 1. The third kappa shape index (κ3) is 3.34. The standard InChI is InChI=1S/C14H16O3/c15-14(16)6-3-9-17-13-8-7-11-4-1-2-5-12(11)10-13/h3,6-8,10H,1-2,4-5,9H2,(H,15,16). The zero-order chi connectivity index (χ0) is 12.1. The normalized spacial score (nSPS) is 14.6. The van der Waals surface area contributed by atoms with Gasteiger partial charge in [0, 0.05) is 6.08 Å². The predicted octanol–water partition coefficient (Wildman–Crippen LogP) is 2.59. The first-order valence-electron chi connectivity index (χ1n) is 5.90. The number of carboxylic acids is 1. The highest BCUT2D eigenvalue weighted by Crippen LogP contribution is 2.25. The number of hydrogen-bond donors (Lipinski definition) is 1. The van der Waals surface area contributed by atoms with Gasteiger partial charge in [-0.05, 0) is 55.0 Å². The largest absolute Gasteiger partial charge is 0.490 e. The lowest BCUT2D eigenvalue weighted by atomic mass is 9.92. The van der Waals surface area contributed by atoms with Crippen molar-refractivity contribution in [3.05, 3.63) is 41.5 Å². The summed E-state index contributed by atoms with van der Waals surface area (Å²) < 4.78 is 5.47. The van der Waals surface area contributed by atoms with Crippen LogP contribution in [-0.2, 0) is 17.6 Å². The maximum atomic E-state index is 10.3. The topological polar surface area (TPSA) is 46.5 Å². The lowest BCUT2D eigenvalue weighted by molar-refractivity contribution is -0.131. The molecule has 0 heterocycles. The molecule has 0 aliphatic heterocycles. The molecule has 0 saturated heterocycles. The van der Waals surface area contributed by atoms with Crippen molar-refractivity contribution in [2.24, 2.45) is 0 Å². The Labute approximate surface area is 101 Å². The van der Waals surface area contributed by atoms with E-state index in [0.717, 1.165) is 24.7 Å². The lowest BCUT2D eigenvalue weighted by Gasteiger charge is -2.16. The Kier molecular flexibility index (Phi) is 3.81. The van der Waals surface area contributed by atoms with E-state index >= 15 is 0 Å². The zero-order valence-corrected chi connectivity index (χ0v) is 9.69. The average molecular weight is 232 g/mol. The van der Waals surface area contributed by atoms with Crippen LogP contribution in [0.5, 0.6) is 5.75 Å². The van der Waals surface area contributed by atoms with E-state index in [0.29, 0.717) is 6.61 Å². The molecule has 0 unspecified atom stereocenters. The first-order valence-corrected chi connectivity index (χ1v) is 5.90. The second-order valence-corrected chi connectivity index (χ2v) is 4.19. The molecule has 1 N–H and O–H groups in total. The molecule has 0 bridgehead atoms. The van der Waals surface area contributed by atoms with Gasteiger partial charge in [0.2, 0.25) is 0 Å². The molecule has 1 aliphatic rings. The van der Waals surface area contributed by atoms with E-state index in [-0.39, 0.29) is 0 Å². The van der Waals surface area contributed by atoms with Gasteiger partial charge in [-0.1, -0.05) is 6.07 Å². The van der Waals surface area contributed by atoms with Crippen LogP contribution in [0.2, 0.25) is 0 Å². The number of aliphatic carboxylic acids is 1. The number of fused-ring (bicyclic) bond motifs is 1. The van der Waals surface area contributed by atoms with Crippen LogP contribution in [0.25, 0.3) is 0 Å². The number of hydrogen-bond acceptors (Lipinski definition) is 2. The second-order valence-electron chi connectivity index (χ2n) is 4.19. The van der Waals surface area contributed by atoms with Crippen LogP contribution in [0.1, 0.15) is 24.0 Å². The van der Waals surface area contributed by atoms with E-state index in [4.69, 9.17) is 9.84 Å². The van der Waals surface area contributed by atoms with Crippen LogP contribution in [0, 0.1) is 0 Å². The number of rotatable bonds is 4. The molecule has 0 spiro atoms. The van der Waals surface area contributed by atoms with Crippen molar-refractivity contribution in [3.63, 3.8) is 0 Å². The number of ether oxygens (including phenoxy) is 1. The molecule has 17 heavy (non-hydrogen) atoms. The SMILES string of the molecule is O=C(O)C=CCOc1ccc2c(c1)CCCC2. The summed E-state index contributed by atoms with van der Waals surface area (Å²) in [7, 11) is 0. The van der Waals surface area contributed by atoms with E-state index in [9.17, 15) is 4.79 Å². The molecule has 3 nitrogen and oxygen atoms in total. The van der Waals surface area contributed by atoms with Crippen molar-refractivity contribution in [2.75, 3.05) is 6.61 Å². The fourth-order valence-corrected chi connectivity index (χ4v) is 2.09. The molecule has 1 aromatic carbocycles. The quantitative estimate of drug-likeness (QED) is 0.811. The molecular weight excluding hydrogens is 216 g/mol. The molecule has 0 atom stereocenters. The fourth-order valence-electron chi connectivity index (χ4n) is 2.09. The van der Waals surface area contributed by atoms with Crippen molar-refractivity contribution in [1.82, 2.24) is 0 Å². The van der Waals surface area contributed by atoms with Gasteiger partial charge in [0.1, 0.15) is 12.4 Å². The average Bonchev–Trinajstić information content (AvgIpc) is 2.34. The van der Waals surface area contributed by atoms with Crippen LogP contribution in [0.4, 0.5) is 0 Å². The molecule has 0 aromatic heterocycles. The summed E-state index contributed by atoms with van der Waals surface area (Å²) in [6, 6.07) is 6.15. The predicted molar refractivity (Wildman–Crippen MR) is 65.4 cm³/mol. The van der Waals surface area contributed by atoms with Crippen molar-refractivity contribution in [2.45, 2.75) is 25.7 Å². The molecule has 0 radical (unpaired) electrons. The zero-order valence-electron chi connectivity index (χ0n) is 9.69. The second kappa shape index (κ2) is 5.53. The summed E-state index contributed by atoms with van der Waals surface area (Å²) in [6.07, 6.45) is 7.40. The molecule has 2 rings (SSSR count). The summed E-state index contributed by atoms with van der Waals surface area (Å²) in [6.45, 7) is 0.297. The van der Waals surface area contributed by atoms with Crippen LogP contribution in [0.3, 0.4) is 0 Å². The van der Waals surface area contributed by atoms with Gasteiger partial charge in [-0.3, -0.25) is 0 Å². The van der Waals surface area contributed by atoms with Gasteiger partial charge in [0.25, 0.3) is 0 Å². The summed E-state index contributed by atoms with van der Waals surface area (Å²) in [5.41, 5.74) is 2.79. The first-order chi connectivity index (χ1) is 8.25. The van der Waals surface area contributed by atoms with Gasteiger partial charge in [0.15, 0.2) is 0 Å². The Morgan fingerprint density at radius 2 is 2.06 bits per heavy atom. The smallest absolute Gasteiger partial charge is 0.328 e. The Bertz CT molecular complexity index is 435. The van der Waals surface area contributed by atoms with Crippen molar-refractivity contribution in [1.29, 1.82) is 0 Å². The highest BCUT2D eigenvalue weighted by atomic mass is 16.5. The van der Waals surface area contributed by atoms with Gasteiger partial charge in [-0.25, -0.2) is 4.79 Å². The number of carboxylic acid groups (broad SMARTS) is 1. The van der Waals surface area contributed by atoms with Gasteiger partial charge >= 0.3 is 5.97 Å². The van der Waals surface area contributed by atoms with Crippen molar-refractivity contribution >= 4 is 5.97 Å². The van der Waals surface area contributed by atoms with Crippen molar-refractivity contribution in [3.8, 4) is 5.75 Å². The Balaban J connectivity index is 1.95. The molecule has 3 heteroatoms. The highest BCUT2D eigenvalue weighted by Gasteiger charge is 2.09. The van der Waals surface area contributed by atoms with E-state index in [1.165, 1.54) is 30.0 Å². The van der Waals surface area contributed by atoms with E-state index < -0.39 is 5.97 Å². The van der Waals surface area contributed by atoms with Crippen LogP contribution < -0.4 is 4.74 Å². The molecule has 90 valence electrons. The summed E-state index contributed by atoms with van der Waals surface area (Å²) in [5.74, 6) is -0.125. The van der Waals surface area contributed by atoms with E-state index in [1.807, 2.05) is 6.07 Å². The fraction of sp³-hybridized carbons (Fsp3) is 0.357. The molecular formula is C14H16O3. The summed E-state index contributed by atoms with van der Waals surface area (Å²) in [5, 5.41) is 8.43. The Hall–Kier alpha value is -1.77. The van der Waals surface area contributed by atoms with E-state index in [2.05, 4.69) is 12.1 Å². The van der Waals surface area contributed by atoms with Gasteiger partial charge in [-0.15, -0.1) is 0 Å². The summed E-state index contributed by atoms with van der Waals surface area (Å²) >= 11 is 0. The molecule has 0 amide bonds. The number of benzene rings is 1. The minimum Gasteiger partial charge on any atom is -0.490 e. The Morgan fingerprint density at radius 1 is 1.29 bits per heavy atom. The maximum Gasteiger partial charge on any atom is 0.328 e. The first kappa shape index (κ1) is 11.7. The minimum absolute atomic E-state index is 0.297. The van der Waals surface area contributed by atoms with E-state index in [1.54, 1.807) is 0 Å². The van der Waals surface area contributed by atoms with Gasteiger partial charge in [-0.2, -0.15) is 0 Å². The molecule has 1 aromatic rings. The Morgan fingerprint density at radius 3 is 2.82 bits per heavy atom. The monoisotopic (exact) mass is 232 g/mol.